The standard InChI is InChI=1S/C10H13BrN6O/c1-3-12-8-7(11)6(4-18-2)15-10(16-8)9-13-5-14-17-9/h5H,3-4H2,1-2H3,(H,12,15,16)(H,13,14,17). The molecule has 0 fully saturated rings. The molecule has 0 bridgehead atoms. The molecule has 0 aliphatic carbocycles. The number of hydrogen-bond acceptors (Lipinski definition) is 6. The van der Waals surface area contributed by atoms with Crippen molar-refractivity contribution in [3.8, 4) is 11.6 Å². The van der Waals surface area contributed by atoms with Crippen LogP contribution in [0.4, 0.5) is 5.82 Å². The molecule has 0 aromatic carbocycles. The highest BCUT2D eigenvalue weighted by atomic mass is 79.9. The second-order valence-corrected chi connectivity index (χ2v) is 4.25. The molecule has 2 N–H and O–H groups in total. The van der Waals surface area contributed by atoms with E-state index in [1.165, 1.54) is 6.33 Å². The predicted octanol–water partition coefficient (Wildman–Crippen LogP) is 1.60. The number of halogens is 1. The summed E-state index contributed by atoms with van der Waals surface area (Å²) in [5.41, 5.74) is 0.759. The van der Waals surface area contributed by atoms with Crippen LogP contribution in [0.3, 0.4) is 0 Å². The Morgan fingerprint density at radius 3 is 2.89 bits per heavy atom. The van der Waals surface area contributed by atoms with Crippen molar-refractivity contribution in [1.29, 1.82) is 0 Å². The van der Waals surface area contributed by atoms with Crippen molar-refractivity contribution < 1.29 is 4.74 Å². The van der Waals surface area contributed by atoms with Gasteiger partial charge in [0, 0.05) is 13.7 Å². The normalized spacial score (nSPS) is 10.6. The van der Waals surface area contributed by atoms with Crippen LogP contribution in [0.15, 0.2) is 10.8 Å². The summed E-state index contributed by atoms with van der Waals surface area (Å²) in [6.45, 7) is 3.15. The molecule has 0 saturated carbocycles. The summed E-state index contributed by atoms with van der Waals surface area (Å²) in [6.07, 6.45) is 1.42. The monoisotopic (exact) mass is 312 g/mol. The Balaban J connectivity index is 2.47. The molecule has 2 aromatic rings. The van der Waals surface area contributed by atoms with Gasteiger partial charge >= 0.3 is 0 Å². The van der Waals surface area contributed by atoms with Gasteiger partial charge < -0.3 is 10.1 Å². The molecular weight excluding hydrogens is 300 g/mol. The molecule has 2 aromatic heterocycles. The van der Waals surface area contributed by atoms with Gasteiger partial charge in [0.05, 0.1) is 16.8 Å². The molecule has 0 radical (unpaired) electrons. The van der Waals surface area contributed by atoms with Crippen molar-refractivity contribution in [3.63, 3.8) is 0 Å². The van der Waals surface area contributed by atoms with E-state index in [0.29, 0.717) is 24.1 Å². The van der Waals surface area contributed by atoms with Gasteiger partial charge in [-0.3, -0.25) is 5.10 Å². The van der Waals surface area contributed by atoms with Crippen LogP contribution in [0.2, 0.25) is 0 Å². The molecule has 0 aliphatic heterocycles. The fraction of sp³-hybridized carbons (Fsp3) is 0.400. The Morgan fingerprint density at radius 2 is 2.28 bits per heavy atom. The van der Waals surface area contributed by atoms with Crippen LogP contribution in [-0.2, 0) is 11.3 Å². The number of H-pyrrole nitrogens is 1. The highest BCUT2D eigenvalue weighted by Gasteiger charge is 2.14. The maximum absolute atomic E-state index is 5.12. The van der Waals surface area contributed by atoms with E-state index >= 15 is 0 Å². The first kappa shape index (κ1) is 12.9. The van der Waals surface area contributed by atoms with Crippen LogP contribution in [0, 0.1) is 0 Å². The maximum Gasteiger partial charge on any atom is 0.199 e. The van der Waals surface area contributed by atoms with Crippen molar-refractivity contribution in [3.05, 3.63) is 16.5 Å². The quantitative estimate of drug-likeness (QED) is 0.872. The van der Waals surface area contributed by atoms with E-state index in [-0.39, 0.29) is 0 Å². The molecule has 0 unspecified atom stereocenters. The van der Waals surface area contributed by atoms with Gasteiger partial charge in [-0.2, -0.15) is 5.10 Å². The second-order valence-electron chi connectivity index (χ2n) is 3.45. The Labute approximate surface area is 113 Å². The molecule has 96 valence electrons. The van der Waals surface area contributed by atoms with Crippen molar-refractivity contribution in [2.24, 2.45) is 0 Å². The van der Waals surface area contributed by atoms with E-state index in [2.05, 4.69) is 46.4 Å². The van der Waals surface area contributed by atoms with Gasteiger partial charge in [-0.25, -0.2) is 15.0 Å². The van der Waals surface area contributed by atoms with Crippen LogP contribution in [0.5, 0.6) is 0 Å². The molecule has 18 heavy (non-hydrogen) atoms. The molecule has 8 heteroatoms. The van der Waals surface area contributed by atoms with Gasteiger partial charge in [0.1, 0.15) is 12.1 Å². The van der Waals surface area contributed by atoms with Gasteiger partial charge in [0.2, 0.25) is 0 Å². The van der Waals surface area contributed by atoms with Gasteiger partial charge in [0.25, 0.3) is 0 Å². The molecule has 0 saturated heterocycles. The van der Waals surface area contributed by atoms with Crippen molar-refractivity contribution >= 4 is 21.7 Å². The first-order valence-electron chi connectivity index (χ1n) is 5.41. The van der Waals surface area contributed by atoms with Crippen LogP contribution in [0.25, 0.3) is 11.6 Å². The topological polar surface area (TPSA) is 88.6 Å². The smallest absolute Gasteiger partial charge is 0.199 e. The van der Waals surface area contributed by atoms with Crippen molar-refractivity contribution in [2.75, 3.05) is 19.0 Å². The Hall–Kier alpha value is -1.54. The first-order valence-corrected chi connectivity index (χ1v) is 6.20. The van der Waals surface area contributed by atoms with E-state index in [4.69, 9.17) is 4.74 Å². The third kappa shape index (κ3) is 2.65. The minimum atomic E-state index is 0.392. The number of aromatic amines is 1. The molecule has 0 spiro atoms. The summed E-state index contributed by atoms with van der Waals surface area (Å²) in [5.74, 6) is 1.73. The van der Waals surface area contributed by atoms with Crippen molar-refractivity contribution in [1.82, 2.24) is 25.1 Å². The highest BCUT2D eigenvalue weighted by Crippen LogP contribution is 2.26. The highest BCUT2D eigenvalue weighted by molar-refractivity contribution is 9.10. The molecule has 0 amide bonds. The number of nitrogens with zero attached hydrogens (tertiary/aromatic N) is 4. The van der Waals surface area contributed by atoms with Gasteiger partial charge in [-0.05, 0) is 22.9 Å². The number of methoxy groups -OCH3 is 1. The average molecular weight is 313 g/mol. The average Bonchev–Trinajstić information content (AvgIpc) is 2.88. The Kier molecular flexibility index (Phi) is 4.21. The number of ether oxygens (including phenoxy) is 1. The number of nitrogens with one attached hydrogen (secondary N) is 2. The van der Waals surface area contributed by atoms with E-state index in [1.807, 2.05) is 6.92 Å². The van der Waals surface area contributed by atoms with E-state index in [0.717, 1.165) is 16.7 Å². The zero-order chi connectivity index (χ0) is 13.0. The van der Waals surface area contributed by atoms with Crippen LogP contribution < -0.4 is 5.32 Å². The third-order valence-corrected chi connectivity index (χ3v) is 3.01. The predicted molar refractivity (Wildman–Crippen MR) is 70.0 cm³/mol. The maximum atomic E-state index is 5.12. The number of anilines is 1. The lowest BCUT2D eigenvalue weighted by molar-refractivity contribution is 0.181. The summed E-state index contributed by atoms with van der Waals surface area (Å²) in [4.78, 5) is 12.8. The molecule has 2 heterocycles. The first-order chi connectivity index (χ1) is 8.76. The summed E-state index contributed by atoms with van der Waals surface area (Å²) in [6, 6.07) is 0. The lowest BCUT2D eigenvalue weighted by Gasteiger charge is -2.10. The summed E-state index contributed by atoms with van der Waals surface area (Å²) >= 11 is 3.47. The minimum absolute atomic E-state index is 0.392. The number of hydrogen-bond donors (Lipinski definition) is 2. The van der Waals surface area contributed by atoms with E-state index in [9.17, 15) is 0 Å². The molecule has 7 nitrogen and oxygen atoms in total. The Morgan fingerprint density at radius 1 is 1.44 bits per heavy atom. The fourth-order valence-corrected chi connectivity index (χ4v) is 1.86. The van der Waals surface area contributed by atoms with E-state index in [1.54, 1.807) is 7.11 Å². The molecule has 0 aliphatic rings. The fourth-order valence-electron chi connectivity index (χ4n) is 1.43. The van der Waals surface area contributed by atoms with Gasteiger partial charge in [-0.1, -0.05) is 0 Å². The zero-order valence-corrected chi connectivity index (χ0v) is 11.7. The number of rotatable bonds is 5. The minimum Gasteiger partial charge on any atom is -0.378 e. The number of aromatic nitrogens is 5. The summed E-state index contributed by atoms with van der Waals surface area (Å²) in [7, 11) is 1.62. The lowest BCUT2D eigenvalue weighted by Crippen LogP contribution is -2.07. The third-order valence-electron chi connectivity index (χ3n) is 2.17. The molecular formula is C10H13BrN6O. The van der Waals surface area contributed by atoms with Gasteiger partial charge in [-0.15, -0.1) is 0 Å². The van der Waals surface area contributed by atoms with Crippen molar-refractivity contribution in [2.45, 2.75) is 13.5 Å². The van der Waals surface area contributed by atoms with Crippen LogP contribution >= 0.6 is 15.9 Å². The SMILES string of the molecule is CCNc1nc(-c2ncn[nH]2)nc(COC)c1Br. The van der Waals surface area contributed by atoms with Crippen LogP contribution in [0.1, 0.15) is 12.6 Å². The van der Waals surface area contributed by atoms with Gasteiger partial charge in [0.15, 0.2) is 11.6 Å². The lowest BCUT2D eigenvalue weighted by atomic mass is 10.3. The molecule has 2 rings (SSSR count). The summed E-state index contributed by atoms with van der Waals surface area (Å²) < 4.78 is 5.92. The van der Waals surface area contributed by atoms with Crippen LogP contribution in [-0.4, -0.2) is 38.8 Å². The molecule has 0 atom stereocenters. The largest absolute Gasteiger partial charge is 0.378 e. The zero-order valence-electron chi connectivity index (χ0n) is 10.1. The summed E-state index contributed by atoms with van der Waals surface area (Å²) in [5, 5.41) is 9.70. The Bertz CT molecular complexity index is 488. The van der Waals surface area contributed by atoms with E-state index < -0.39 is 0 Å². The second kappa shape index (κ2) is 5.87.